The number of hydrogen-bond donors (Lipinski definition) is 0. The first-order valence-corrected chi connectivity index (χ1v) is 12.9. The molecule has 0 radical (unpaired) electrons. The van der Waals surface area contributed by atoms with E-state index in [4.69, 9.17) is 0 Å². The Morgan fingerprint density at radius 2 is 0.939 bits per heavy atom. The van der Waals surface area contributed by atoms with E-state index in [1.165, 1.54) is 68.2 Å². The monoisotopic (exact) mass is 440 g/mol. The molecular formula is C32H42N+. The van der Waals surface area contributed by atoms with Crippen molar-refractivity contribution in [2.24, 2.45) is 0 Å². The van der Waals surface area contributed by atoms with Gasteiger partial charge in [-0.3, -0.25) is 0 Å². The molecule has 3 rings (SSSR count). The molecule has 1 nitrogen and oxygen atoms in total. The maximum absolute atomic E-state index is 2.38. The molecule has 0 saturated carbocycles. The van der Waals surface area contributed by atoms with Crippen LogP contribution in [0.25, 0.3) is 0 Å². The van der Waals surface area contributed by atoms with E-state index >= 15 is 0 Å². The molecule has 0 heterocycles. The fourth-order valence-corrected chi connectivity index (χ4v) is 4.78. The van der Waals surface area contributed by atoms with Crippen molar-refractivity contribution in [1.82, 2.24) is 0 Å². The minimum absolute atomic E-state index is 1.07. The Morgan fingerprint density at radius 3 is 1.39 bits per heavy atom. The van der Waals surface area contributed by atoms with Crippen molar-refractivity contribution >= 4 is 0 Å². The highest BCUT2D eigenvalue weighted by Crippen LogP contribution is 2.25. The lowest BCUT2D eigenvalue weighted by atomic mass is 10.0. The number of allylic oxidation sites excluding steroid dienone is 2. The van der Waals surface area contributed by atoms with E-state index < -0.39 is 0 Å². The predicted octanol–water partition coefficient (Wildman–Crippen LogP) is 8.71. The van der Waals surface area contributed by atoms with Crippen LogP contribution in [-0.4, -0.2) is 11.0 Å². The van der Waals surface area contributed by atoms with Gasteiger partial charge in [0.25, 0.3) is 0 Å². The molecule has 0 spiro atoms. The fourth-order valence-electron chi connectivity index (χ4n) is 4.78. The normalized spacial score (nSPS) is 11.8. The lowest BCUT2D eigenvalue weighted by Crippen LogP contribution is -2.46. The highest BCUT2D eigenvalue weighted by Gasteiger charge is 2.28. The van der Waals surface area contributed by atoms with Crippen LogP contribution in [0.15, 0.2) is 103 Å². The standard InChI is InChI=1S/C32H42N/c1-2-3-4-5-6-7-8-9-19-26-33(27-30-20-13-10-14-21-30,28-31-22-15-11-16-23-31)29-32-24-17-12-18-25-32/h4-5,10-18,20-25H,2-3,6-9,19,26-29H2,1H3/q+1/b5-4+. The summed E-state index contributed by atoms with van der Waals surface area (Å²) in [5, 5.41) is 0. The molecule has 0 unspecified atom stereocenters. The summed E-state index contributed by atoms with van der Waals surface area (Å²) in [6.45, 7) is 6.68. The Balaban J connectivity index is 1.72. The van der Waals surface area contributed by atoms with Gasteiger partial charge in [0.1, 0.15) is 19.6 Å². The third-order valence-corrected chi connectivity index (χ3v) is 6.46. The van der Waals surface area contributed by atoms with E-state index in [9.17, 15) is 0 Å². The molecule has 1 heteroatoms. The number of rotatable bonds is 15. The molecule has 0 atom stereocenters. The quantitative estimate of drug-likeness (QED) is 0.126. The van der Waals surface area contributed by atoms with Crippen LogP contribution < -0.4 is 0 Å². The van der Waals surface area contributed by atoms with E-state index in [0.29, 0.717) is 0 Å². The summed E-state index contributed by atoms with van der Waals surface area (Å²) >= 11 is 0. The number of benzene rings is 3. The van der Waals surface area contributed by atoms with Gasteiger partial charge in [0, 0.05) is 16.7 Å². The van der Waals surface area contributed by atoms with Crippen LogP contribution in [0.1, 0.15) is 68.6 Å². The zero-order chi connectivity index (χ0) is 23.0. The Labute approximate surface area is 202 Å². The first-order valence-electron chi connectivity index (χ1n) is 12.9. The van der Waals surface area contributed by atoms with Crippen molar-refractivity contribution in [3.8, 4) is 0 Å². The SMILES string of the molecule is CCC/C=C/CCCCCC[N+](Cc1ccccc1)(Cc1ccccc1)Cc1ccccc1. The average molecular weight is 441 g/mol. The number of nitrogens with zero attached hydrogens (tertiary/aromatic N) is 1. The molecule has 0 saturated heterocycles. The van der Waals surface area contributed by atoms with Gasteiger partial charge in [-0.25, -0.2) is 0 Å². The van der Waals surface area contributed by atoms with Gasteiger partial charge in [-0.15, -0.1) is 0 Å². The van der Waals surface area contributed by atoms with E-state index in [0.717, 1.165) is 24.1 Å². The minimum atomic E-state index is 1.07. The van der Waals surface area contributed by atoms with E-state index in [2.05, 4.69) is 110 Å². The number of quaternary nitrogens is 1. The van der Waals surface area contributed by atoms with Gasteiger partial charge in [-0.2, -0.15) is 0 Å². The maximum Gasteiger partial charge on any atom is 0.105 e. The molecular weight excluding hydrogens is 398 g/mol. The van der Waals surface area contributed by atoms with Crippen LogP contribution in [0.2, 0.25) is 0 Å². The van der Waals surface area contributed by atoms with Crippen molar-refractivity contribution in [3.63, 3.8) is 0 Å². The van der Waals surface area contributed by atoms with Gasteiger partial charge in [0.15, 0.2) is 0 Å². The van der Waals surface area contributed by atoms with Crippen LogP contribution in [0.4, 0.5) is 0 Å². The van der Waals surface area contributed by atoms with Crippen molar-refractivity contribution in [2.75, 3.05) is 6.54 Å². The molecule has 3 aromatic rings. The molecule has 0 aliphatic heterocycles. The summed E-state index contributed by atoms with van der Waals surface area (Å²) in [6.07, 6.45) is 13.7. The molecule has 0 aromatic heterocycles. The molecule has 0 bridgehead atoms. The molecule has 0 amide bonds. The first kappa shape index (κ1) is 25.0. The minimum Gasteiger partial charge on any atom is -0.312 e. The highest BCUT2D eigenvalue weighted by molar-refractivity contribution is 5.17. The topological polar surface area (TPSA) is 0 Å². The van der Waals surface area contributed by atoms with Gasteiger partial charge in [-0.1, -0.05) is 123 Å². The lowest BCUT2D eigenvalue weighted by Gasteiger charge is -2.39. The number of hydrogen-bond acceptors (Lipinski definition) is 0. The third kappa shape index (κ3) is 9.40. The second kappa shape index (κ2) is 14.5. The second-order valence-corrected chi connectivity index (χ2v) is 9.46. The van der Waals surface area contributed by atoms with Crippen LogP contribution in [0.5, 0.6) is 0 Å². The van der Waals surface area contributed by atoms with Gasteiger partial charge >= 0.3 is 0 Å². The zero-order valence-electron chi connectivity index (χ0n) is 20.5. The second-order valence-electron chi connectivity index (χ2n) is 9.46. The van der Waals surface area contributed by atoms with Crippen molar-refractivity contribution in [1.29, 1.82) is 0 Å². The van der Waals surface area contributed by atoms with Crippen LogP contribution in [0.3, 0.4) is 0 Å². The Bertz CT molecular complexity index is 798. The van der Waals surface area contributed by atoms with Crippen molar-refractivity contribution in [3.05, 3.63) is 120 Å². The average Bonchev–Trinajstić information content (AvgIpc) is 2.85. The van der Waals surface area contributed by atoms with E-state index in [1.807, 2.05) is 0 Å². The molecule has 3 aromatic carbocycles. The van der Waals surface area contributed by atoms with Crippen molar-refractivity contribution < 1.29 is 4.48 Å². The summed E-state index contributed by atoms with van der Waals surface area (Å²) in [6, 6.07) is 33.3. The van der Waals surface area contributed by atoms with Gasteiger partial charge in [0.2, 0.25) is 0 Å². The summed E-state index contributed by atoms with van der Waals surface area (Å²) in [5.74, 6) is 0. The number of unbranched alkanes of at least 4 members (excludes halogenated alkanes) is 5. The zero-order valence-corrected chi connectivity index (χ0v) is 20.5. The van der Waals surface area contributed by atoms with Crippen LogP contribution >= 0.6 is 0 Å². The smallest absolute Gasteiger partial charge is 0.105 e. The molecule has 174 valence electrons. The van der Waals surface area contributed by atoms with Crippen LogP contribution in [0, 0.1) is 0 Å². The molecule has 0 aliphatic carbocycles. The van der Waals surface area contributed by atoms with E-state index in [-0.39, 0.29) is 0 Å². The lowest BCUT2D eigenvalue weighted by molar-refractivity contribution is -0.966. The molecule has 33 heavy (non-hydrogen) atoms. The first-order chi connectivity index (χ1) is 16.3. The van der Waals surface area contributed by atoms with Gasteiger partial charge in [0.05, 0.1) is 6.54 Å². The summed E-state index contributed by atoms with van der Waals surface area (Å²) < 4.78 is 1.08. The van der Waals surface area contributed by atoms with E-state index in [1.54, 1.807) is 0 Å². The Morgan fingerprint density at radius 1 is 0.515 bits per heavy atom. The Kier molecular flexibility index (Phi) is 11.0. The predicted molar refractivity (Wildman–Crippen MR) is 143 cm³/mol. The third-order valence-electron chi connectivity index (χ3n) is 6.46. The maximum atomic E-state index is 2.38. The summed E-state index contributed by atoms with van der Waals surface area (Å²) in [7, 11) is 0. The summed E-state index contributed by atoms with van der Waals surface area (Å²) in [5.41, 5.74) is 4.31. The summed E-state index contributed by atoms with van der Waals surface area (Å²) in [4.78, 5) is 0. The Hall–Kier alpha value is -2.64. The largest absolute Gasteiger partial charge is 0.312 e. The molecule has 0 N–H and O–H groups in total. The molecule has 0 aliphatic rings. The fraction of sp³-hybridized carbons (Fsp3) is 0.375. The van der Waals surface area contributed by atoms with Gasteiger partial charge in [-0.05, 0) is 32.1 Å². The van der Waals surface area contributed by atoms with Crippen LogP contribution in [-0.2, 0) is 19.6 Å². The van der Waals surface area contributed by atoms with Crippen molar-refractivity contribution in [2.45, 2.75) is 71.5 Å². The highest BCUT2D eigenvalue weighted by atomic mass is 15.3. The molecule has 0 fully saturated rings. The van der Waals surface area contributed by atoms with Gasteiger partial charge < -0.3 is 4.48 Å².